The monoisotopic (exact) mass is 391 g/mol. The molecular weight excluding hydrogens is 382 g/mol. The highest BCUT2D eigenvalue weighted by molar-refractivity contribution is 8.27. The second kappa shape index (κ2) is 6.87. The van der Waals surface area contributed by atoms with E-state index in [0.717, 1.165) is 17.3 Å². The Labute approximate surface area is 157 Å². The fourth-order valence-corrected chi connectivity index (χ4v) is 3.77. The number of rotatable bonds is 3. The summed E-state index contributed by atoms with van der Waals surface area (Å²) in [7, 11) is 0. The molecular formula is C17H10ClNO4S2. The molecule has 8 heteroatoms. The number of halogens is 1. The predicted octanol–water partition coefficient (Wildman–Crippen LogP) is 4.15. The Kier molecular flexibility index (Phi) is 4.80. The number of aromatic carboxylic acids is 1. The molecule has 0 spiro atoms. The van der Waals surface area contributed by atoms with E-state index >= 15 is 0 Å². The normalized spacial score (nSPS) is 15.9. The van der Waals surface area contributed by atoms with Crippen molar-refractivity contribution in [3.63, 3.8) is 0 Å². The van der Waals surface area contributed by atoms with E-state index in [-0.39, 0.29) is 27.2 Å². The van der Waals surface area contributed by atoms with Gasteiger partial charge in [0.15, 0.2) is 4.32 Å². The molecule has 0 bridgehead atoms. The van der Waals surface area contributed by atoms with E-state index in [1.54, 1.807) is 24.3 Å². The number of carbonyl (C=O) groups is 2. The first-order valence-corrected chi connectivity index (χ1v) is 8.57. The van der Waals surface area contributed by atoms with Gasteiger partial charge < -0.3 is 10.2 Å². The molecule has 2 N–H and O–H groups in total. The number of hydrogen-bond acceptors (Lipinski definition) is 5. The summed E-state index contributed by atoms with van der Waals surface area (Å²) in [5.41, 5.74) is 0.738. The number of anilines is 1. The summed E-state index contributed by atoms with van der Waals surface area (Å²) in [6.45, 7) is 0. The first-order valence-electron chi connectivity index (χ1n) is 6.96. The topological polar surface area (TPSA) is 77.8 Å². The number of carboxylic acid groups (broad SMARTS) is 1. The number of nitrogens with zero attached hydrogens (tertiary/aromatic N) is 1. The van der Waals surface area contributed by atoms with Crippen LogP contribution in [0.3, 0.4) is 0 Å². The summed E-state index contributed by atoms with van der Waals surface area (Å²) in [5.74, 6) is -2.03. The van der Waals surface area contributed by atoms with Crippen molar-refractivity contribution in [2.24, 2.45) is 0 Å². The number of amides is 1. The molecule has 0 radical (unpaired) electrons. The van der Waals surface area contributed by atoms with Gasteiger partial charge in [0.25, 0.3) is 5.91 Å². The van der Waals surface area contributed by atoms with E-state index in [2.05, 4.69) is 0 Å². The molecule has 1 saturated heterocycles. The molecule has 1 aliphatic rings. The van der Waals surface area contributed by atoms with Crippen LogP contribution >= 0.6 is 35.6 Å². The Hall–Kier alpha value is -2.35. The maximum absolute atomic E-state index is 12.7. The Morgan fingerprint density at radius 3 is 2.68 bits per heavy atom. The molecule has 0 unspecified atom stereocenters. The van der Waals surface area contributed by atoms with Crippen molar-refractivity contribution in [1.29, 1.82) is 0 Å². The van der Waals surface area contributed by atoms with Crippen LogP contribution in [0.15, 0.2) is 47.4 Å². The van der Waals surface area contributed by atoms with Gasteiger partial charge in [-0.2, -0.15) is 0 Å². The van der Waals surface area contributed by atoms with Crippen LogP contribution < -0.4 is 4.90 Å². The van der Waals surface area contributed by atoms with E-state index < -0.39 is 5.97 Å². The van der Waals surface area contributed by atoms with Crippen molar-refractivity contribution in [3.05, 3.63) is 63.5 Å². The van der Waals surface area contributed by atoms with Crippen molar-refractivity contribution < 1.29 is 19.8 Å². The highest BCUT2D eigenvalue weighted by Crippen LogP contribution is 2.37. The molecule has 1 heterocycles. The van der Waals surface area contributed by atoms with Crippen LogP contribution in [-0.4, -0.2) is 26.4 Å². The molecule has 2 aromatic rings. The minimum Gasteiger partial charge on any atom is -0.507 e. The lowest BCUT2D eigenvalue weighted by molar-refractivity contribution is -0.113. The van der Waals surface area contributed by atoms with Gasteiger partial charge in [-0.05, 0) is 42.0 Å². The maximum Gasteiger partial charge on any atom is 0.339 e. The number of benzene rings is 2. The second-order valence-electron chi connectivity index (χ2n) is 5.08. The SMILES string of the molecule is O=C(O)c1cc(N2C(=O)C(=Cc3cccc(Cl)c3)SC2=S)ccc1O. The van der Waals surface area contributed by atoms with Gasteiger partial charge in [0.1, 0.15) is 11.3 Å². The average molecular weight is 392 g/mol. The number of carboxylic acids is 1. The molecule has 5 nitrogen and oxygen atoms in total. The minimum absolute atomic E-state index is 0.278. The number of hydrogen-bond donors (Lipinski definition) is 2. The number of carbonyl (C=O) groups excluding carboxylic acids is 1. The van der Waals surface area contributed by atoms with E-state index in [4.69, 9.17) is 28.9 Å². The lowest BCUT2D eigenvalue weighted by atomic mass is 10.1. The Balaban J connectivity index is 1.97. The van der Waals surface area contributed by atoms with E-state index in [1.165, 1.54) is 23.1 Å². The number of phenols is 1. The lowest BCUT2D eigenvalue weighted by Crippen LogP contribution is -2.27. The third-order valence-corrected chi connectivity index (χ3v) is 4.95. The summed E-state index contributed by atoms with van der Waals surface area (Å²) < 4.78 is 0.278. The smallest absolute Gasteiger partial charge is 0.339 e. The molecule has 1 amide bonds. The van der Waals surface area contributed by atoms with Crippen LogP contribution in [0.25, 0.3) is 6.08 Å². The Morgan fingerprint density at radius 2 is 2.00 bits per heavy atom. The van der Waals surface area contributed by atoms with Gasteiger partial charge >= 0.3 is 5.97 Å². The Bertz CT molecular complexity index is 942. The van der Waals surface area contributed by atoms with Gasteiger partial charge in [0.05, 0.1) is 10.6 Å². The van der Waals surface area contributed by atoms with Gasteiger partial charge in [0, 0.05) is 5.02 Å². The highest BCUT2D eigenvalue weighted by atomic mass is 35.5. The van der Waals surface area contributed by atoms with Crippen LogP contribution in [-0.2, 0) is 4.79 Å². The van der Waals surface area contributed by atoms with Gasteiger partial charge in [0.2, 0.25) is 0 Å². The molecule has 0 saturated carbocycles. The third kappa shape index (κ3) is 3.53. The van der Waals surface area contributed by atoms with Crippen molar-refractivity contribution in [2.75, 3.05) is 4.90 Å². The molecule has 0 aliphatic carbocycles. The van der Waals surface area contributed by atoms with Crippen LogP contribution in [0.4, 0.5) is 5.69 Å². The first kappa shape index (κ1) is 17.5. The van der Waals surface area contributed by atoms with Crippen LogP contribution in [0.2, 0.25) is 5.02 Å². The molecule has 1 aliphatic heterocycles. The summed E-state index contributed by atoms with van der Waals surface area (Å²) in [6, 6.07) is 10.9. The van der Waals surface area contributed by atoms with Crippen LogP contribution in [0.1, 0.15) is 15.9 Å². The van der Waals surface area contributed by atoms with E-state index in [1.807, 2.05) is 6.07 Å². The summed E-state index contributed by atoms with van der Waals surface area (Å²) >= 11 is 12.3. The molecule has 2 aromatic carbocycles. The predicted molar refractivity (Wildman–Crippen MR) is 102 cm³/mol. The molecule has 1 fully saturated rings. The number of thioether (sulfide) groups is 1. The quantitative estimate of drug-likeness (QED) is 0.604. The molecule has 25 heavy (non-hydrogen) atoms. The molecule has 0 atom stereocenters. The standard InChI is InChI=1S/C17H10ClNO4S2/c18-10-3-1-2-9(6-10)7-14-15(21)19(17(24)25-14)11-4-5-13(20)12(8-11)16(22)23/h1-8,20H,(H,22,23). The first-order chi connectivity index (χ1) is 11.9. The van der Waals surface area contributed by atoms with Crippen molar-refractivity contribution >= 4 is 63.5 Å². The zero-order valence-electron chi connectivity index (χ0n) is 12.5. The largest absolute Gasteiger partial charge is 0.507 e. The average Bonchev–Trinajstić information content (AvgIpc) is 2.82. The number of aromatic hydroxyl groups is 1. The van der Waals surface area contributed by atoms with Crippen LogP contribution in [0, 0.1) is 0 Å². The zero-order valence-corrected chi connectivity index (χ0v) is 14.9. The van der Waals surface area contributed by atoms with E-state index in [0.29, 0.717) is 9.93 Å². The van der Waals surface area contributed by atoms with Gasteiger partial charge in [-0.1, -0.05) is 47.7 Å². The van der Waals surface area contributed by atoms with Gasteiger partial charge in [-0.3, -0.25) is 9.69 Å². The molecule has 0 aromatic heterocycles. The van der Waals surface area contributed by atoms with Crippen molar-refractivity contribution in [3.8, 4) is 5.75 Å². The second-order valence-corrected chi connectivity index (χ2v) is 7.19. The van der Waals surface area contributed by atoms with E-state index in [9.17, 15) is 14.7 Å². The highest BCUT2D eigenvalue weighted by Gasteiger charge is 2.33. The third-order valence-electron chi connectivity index (χ3n) is 3.41. The fourth-order valence-electron chi connectivity index (χ4n) is 2.27. The fraction of sp³-hybridized carbons (Fsp3) is 0. The maximum atomic E-state index is 12.7. The van der Waals surface area contributed by atoms with Crippen molar-refractivity contribution in [1.82, 2.24) is 0 Å². The molecule has 3 rings (SSSR count). The number of thiocarbonyl (C=S) groups is 1. The zero-order chi connectivity index (χ0) is 18.1. The minimum atomic E-state index is -1.29. The van der Waals surface area contributed by atoms with Gasteiger partial charge in [-0.15, -0.1) is 0 Å². The van der Waals surface area contributed by atoms with Crippen molar-refractivity contribution in [2.45, 2.75) is 0 Å². The van der Waals surface area contributed by atoms with Crippen LogP contribution in [0.5, 0.6) is 5.75 Å². The van der Waals surface area contributed by atoms with Gasteiger partial charge in [-0.25, -0.2) is 4.79 Å². The summed E-state index contributed by atoms with van der Waals surface area (Å²) in [4.78, 5) is 25.5. The Morgan fingerprint density at radius 1 is 1.24 bits per heavy atom. The summed E-state index contributed by atoms with van der Waals surface area (Å²) in [6.07, 6.45) is 1.67. The summed E-state index contributed by atoms with van der Waals surface area (Å²) in [5, 5.41) is 19.3. The molecule has 126 valence electrons. The lowest BCUT2D eigenvalue weighted by Gasteiger charge is -2.15.